The molecule has 0 aliphatic carbocycles. The van der Waals surface area contributed by atoms with E-state index in [2.05, 4.69) is 16.5 Å². The Morgan fingerprint density at radius 2 is 2.16 bits per heavy atom. The normalized spacial score (nSPS) is 10.8. The van der Waals surface area contributed by atoms with Crippen LogP contribution < -0.4 is 11.3 Å². The molecule has 3 rings (SSSR count). The zero-order valence-corrected chi connectivity index (χ0v) is 10.9. The second-order valence-electron chi connectivity index (χ2n) is 4.23. The van der Waals surface area contributed by atoms with Crippen LogP contribution in [0.5, 0.6) is 0 Å². The maximum atomic E-state index is 13.3. The molecule has 0 atom stereocenters. The Kier molecular flexibility index (Phi) is 3.15. The zero-order valence-electron chi connectivity index (χ0n) is 10.1. The zero-order chi connectivity index (χ0) is 13.2. The average Bonchev–Trinajstić information content (AvgIpc) is 2.91. The Hall–Kier alpha value is -1.98. The van der Waals surface area contributed by atoms with Gasteiger partial charge in [0, 0.05) is 22.2 Å². The molecule has 0 fully saturated rings. The lowest BCUT2D eigenvalue weighted by Gasteiger charge is -2.09. The molecule has 0 saturated carbocycles. The standard InChI is InChI=1S/C14H12FN3S/c15-11-3-4-13-9(7-11)6-10(14(17-13)18-16)8-12-2-1-5-19-12/h1-7H,8,16H2,(H,17,18). The number of nitrogens with one attached hydrogen (secondary N) is 1. The molecule has 0 amide bonds. The number of pyridine rings is 1. The van der Waals surface area contributed by atoms with Crippen LogP contribution in [0.4, 0.5) is 10.2 Å². The molecule has 3 nitrogen and oxygen atoms in total. The number of nitrogens with two attached hydrogens (primary N) is 1. The number of thiophene rings is 1. The monoisotopic (exact) mass is 273 g/mol. The Balaban J connectivity index is 2.10. The molecule has 0 saturated heterocycles. The molecule has 0 unspecified atom stereocenters. The predicted molar refractivity (Wildman–Crippen MR) is 76.6 cm³/mol. The summed E-state index contributed by atoms with van der Waals surface area (Å²) in [6, 6.07) is 10.5. The van der Waals surface area contributed by atoms with Crippen molar-refractivity contribution in [2.24, 2.45) is 5.84 Å². The van der Waals surface area contributed by atoms with Crippen molar-refractivity contribution < 1.29 is 4.39 Å². The van der Waals surface area contributed by atoms with Crippen LogP contribution in [0.2, 0.25) is 0 Å². The number of fused-ring (bicyclic) bond motifs is 1. The van der Waals surface area contributed by atoms with Gasteiger partial charge in [0.15, 0.2) is 0 Å². The quantitative estimate of drug-likeness (QED) is 0.568. The molecular weight excluding hydrogens is 261 g/mol. The fraction of sp³-hybridized carbons (Fsp3) is 0.0714. The van der Waals surface area contributed by atoms with Gasteiger partial charge in [-0.2, -0.15) is 0 Å². The molecule has 5 heteroatoms. The first-order valence-corrected chi connectivity index (χ1v) is 6.72. The van der Waals surface area contributed by atoms with E-state index >= 15 is 0 Å². The molecule has 0 spiro atoms. The van der Waals surface area contributed by atoms with Gasteiger partial charge in [-0.15, -0.1) is 11.3 Å². The highest BCUT2D eigenvalue weighted by molar-refractivity contribution is 7.09. The fourth-order valence-corrected chi connectivity index (χ4v) is 2.78. The van der Waals surface area contributed by atoms with E-state index in [4.69, 9.17) is 5.84 Å². The van der Waals surface area contributed by atoms with Crippen molar-refractivity contribution in [1.82, 2.24) is 4.98 Å². The van der Waals surface area contributed by atoms with E-state index in [0.717, 1.165) is 22.9 Å². The Morgan fingerprint density at radius 3 is 2.89 bits per heavy atom. The topological polar surface area (TPSA) is 50.9 Å². The van der Waals surface area contributed by atoms with Crippen LogP contribution in [0.1, 0.15) is 10.4 Å². The van der Waals surface area contributed by atoms with E-state index in [1.54, 1.807) is 17.4 Å². The average molecular weight is 273 g/mol. The summed E-state index contributed by atoms with van der Waals surface area (Å²) in [5, 5.41) is 2.81. The van der Waals surface area contributed by atoms with E-state index in [1.807, 2.05) is 17.5 Å². The Labute approximate surface area is 113 Å². The number of hydrazine groups is 1. The number of hydrogen-bond acceptors (Lipinski definition) is 4. The van der Waals surface area contributed by atoms with Gasteiger partial charge in [0.05, 0.1) is 5.52 Å². The van der Waals surface area contributed by atoms with E-state index in [0.29, 0.717) is 5.82 Å². The number of hydrogen-bond donors (Lipinski definition) is 2. The number of rotatable bonds is 3. The molecule has 3 N–H and O–H groups in total. The van der Waals surface area contributed by atoms with Gasteiger partial charge < -0.3 is 5.43 Å². The second kappa shape index (κ2) is 4.95. The molecule has 0 bridgehead atoms. The van der Waals surface area contributed by atoms with Gasteiger partial charge in [-0.1, -0.05) is 6.07 Å². The Morgan fingerprint density at radius 1 is 1.26 bits per heavy atom. The lowest BCUT2D eigenvalue weighted by molar-refractivity contribution is 0.629. The maximum Gasteiger partial charge on any atom is 0.144 e. The van der Waals surface area contributed by atoms with Gasteiger partial charge in [-0.25, -0.2) is 15.2 Å². The first kappa shape index (κ1) is 12.1. The van der Waals surface area contributed by atoms with Crippen molar-refractivity contribution in [3.05, 3.63) is 58.0 Å². The van der Waals surface area contributed by atoms with Crippen LogP contribution in [-0.4, -0.2) is 4.98 Å². The van der Waals surface area contributed by atoms with Gasteiger partial charge in [-0.05, 0) is 35.7 Å². The summed E-state index contributed by atoms with van der Waals surface area (Å²) in [5.74, 6) is 5.89. The highest BCUT2D eigenvalue weighted by Crippen LogP contribution is 2.24. The van der Waals surface area contributed by atoms with Crippen molar-refractivity contribution in [2.75, 3.05) is 5.43 Å². The molecule has 3 aromatic rings. The first-order chi connectivity index (χ1) is 9.26. The van der Waals surface area contributed by atoms with Crippen LogP contribution in [-0.2, 0) is 6.42 Å². The summed E-state index contributed by atoms with van der Waals surface area (Å²) in [6.45, 7) is 0. The second-order valence-corrected chi connectivity index (χ2v) is 5.27. The van der Waals surface area contributed by atoms with Crippen molar-refractivity contribution in [3.8, 4) is 0 Å². The van der Waals surface area contributed by atoms with Crippen molar-refractivity contribution in [3.63, 3.8) is 0 Å². The largest absolute Gasteiger partial charge is 0.308 e. The highest BCUT2D eigenvalue weighted by Gasteiger charge is 2.08. The molecule has 1 aromatic carbocycles. The number of anilines is 1. The van der Waals surface area contributed by atoms with E-state index in [-0.39, 0.29) is 5.82 Å². The van der Waals surface area contributed by atoms with E-state index < -0.39 is 0 Å². The van der Waals surface area contributed by atoms with Gasteiger partial charge in [0.25, 0.3) is 0 Å². The summed E-state index contributed by atoms with van der Waals surface area (Å²) in [6.07, 6.45) is 0.733. The van der Waals surface area contributed by atoms with Gasteiger partial charge >= 0.3 is 0 Å². The number of aromatic nitrogens is 1. The smallest absolute Gasteiger partial charge is 0.144 e. The van der Waals surface area contributed by atoms with E-state index in [1.165, 1.54) is 17.0 Å². The van der Waals surface area contributed by atoms with Gasteiger partial charge in [-0.3, -0.25) is 0 Å². The summed E-state index contributed by atoms with van der Waals surface area (Å²) < 4.78 is 13.3. The molecule has 0 radical (unpaired) electrons. The third-order valence-electron chi connectivity index (χ3n) is 2.94. The minimum atomic E-state index is -0.259. The van der Waals surface area contributed by atoms with E-state index in [9.17, 15) is 4.39 Å². The van der Waals surface area contributed by atoms with Crippen molar-refractivity contribution in [1.29, 1.82) is 0 Å². The molecule has 19 heavy (non-hydrogen) atoms. The highest BCUT2D eigenvalue weighted by atomic mass is 32.1. The third kappa shape index (κ3) is 2.43. The van der Waals surface area contributed by atoms with Gasteiger partial charge in [0.1, 0.15) is 11.6 Å². The van der Waals surface area contributed by atoms with Crippen molar-refractivity contribution >= 4 is 28.1 Å². The van der Waals surface area contributed by atoms with Crippen molar-refractivity contribution in [2.45, 2.75) is 6.42 Å². The van der Waals surface area contributed by atoms with Crippen LogP contribution in [0.3, 0.4) is 0 Å². The van der Waals surface area contributed by atoms with Crippen LogP contribution in [0.15, 0.2) is 41.8 Å². The number of benzene rings is 1. The molecule has 2 heterocycles. The summed E-state index contributed by atoms with van der Waals surface area (Å²) in [7, 11) is 0. The number of nitrogen functional groups attached to an aromatic ring is 1. The SMILES string of the molecule is NNc1nc2ccc(F)cc2cc1Cc1cccs1. The van der Waals surface area contributed by atoms with Crippen LogP contribution >= 0.6 is 11.3 Å². The molecule has 2 aromatic heterocycles. The molecule has 0 aliphatic rings. The van der Waals surface area contributed by atoms with Gasteiger partial charge in [0.2, 0.25) is 0 Å². The maximum absolute atomic E-state index is 13.3. The van der Waals surface area contributed by atoms with Crippen LogP contribution in [0.25, 0.3) is 10.9 Å². The summed E-state index contributed by atoms with van der Waals surface area (Å²) in [4.78, 5) is 5.63. The lowest BCUT2D eigenvalue weighted by atomic mass is 10.1. The molecular formula is C14H12FN3S. The summed E-state index contributed by atoms with van der Waals surface area (Å²) >= 11 is 1.68. The number of halogens is 1. The minimum absolute atomic E-state index is 0.259. The Bertz CT molecular complexity index is 710. The minimum Gasteiger partial charge on any atom is -0.308 e. The third-order valence-corrected chi connectivity index (χ3v) is 3.81. The first-order valence-electron chi connectivity index (χ1n) is 5.84. The number of nitrogens with zero attached hydrogens (tertiary/aromatic N) is 1. The fourth-order valence-electron chi connectivity index (χ4n) is 2.05. The predicted octanol–water partition coefficient (Wildman–Crippen LogP) is 3.31. The lowest BCUT2D eigenvalue weighted by Crippen LogP contribution is -2.11. The molecule has 0 aliphatic heterocycles. The molecule has 96 valence electrons. The summed E-state index contributed by atoms with van der Waals surface area (Å²) in [5.41, 5.74) is 4.30. The van der Waals surface area contributed by atoms with Crippen LogP contribution in [0, 0.1) is 5.82 Å².